The van der Waals surface area contributed by atoms with Crippen LogP contribution in [0.25, 0.3) is 0 Å². The number of aliphatic hydroxyl groups excluding tert-OH is 1. The van der Waals surface area contributed by atoms with Gasteiger partial charge in [-0.1, -0.05) is 34.1 Å². The first-order chi connectivity index (χ1) is 8.50. The van der Waals surface area contributed by atoms with Gasteiger partial charge in [0.25, 0.3) is 0 Å². The lowest BCUT2D eigenvalue weighted by Gasteiger charge is -2.18. The minimum absolute atomic E-state index is 0.270. The van der Waals surface area contributed by atoms with E-state index in [2.05, 4.69) is 15.9 Å². The highest BCUT2D eigenvalue weighted by molar-refractivity contribution is 9.10. The molecule has 2 rings (SSSR count). The highest BCUT2D eigenvalue weighted by Gasteiger charge is 2.18. The van der Waals surface area contributed by atoms with Crippen LogP contribution in [0.4, 0.5) is 4.39 Å². The van der Waals surface area contributed by atoms with Crippen molar-refractivity contribution < 1.29 is 9.50 Å². The number of aryl methyl sites for hydroxylation is 2. The van der Waals surface area contributed by atoms with Crippen molar-refractivity contribution in [2.45, 2.75) is 20.0 Å². The molecule has 0 aliphatic rings. The Morgan fingerprint density at radius 1 is 1.11 bits per heavy atom. The van der Waals surface area contributed by atoms with Crippen molar-refractivity contribution >= 4 is 15.9 Å². The highest BCUT2D eigenvalue weighted by atomic mass is 79.9. The Labute approximate surface area is 114 Å². The van der Waals surface area contributed by atoms with Crippen LogP contribution in [-0.4, -0.2) is 5.11 Å². The second kappa shape index (κ2) is 5.21. The molecular formula is C15H14BrFO. The van der Waals surface area contributed by atoms with Gasteiger partial charge in [0.05, 0.1) is 0 Å². The third-order valence-electron chi connectivity index (χ3n) is 3.03. The maximum Gasteiger partial charge on any atom is 0.123 e. The normalized spacial score (nSPS) is 12.5. The molecule has 3 heteroatoms. The second-order valence-corrected chi connectivity index (χ2v) is 5.23. The fourth-order valence-corrected chi connectivity index (χ4v) is 2.71. The van der Waals surface area contributed by atoms with Crippen LogP contribution in [0.3, 0.4) is 0 Å². The third kappa shape index (κ3) is 2.47. The molecule has 1 nitrogen and oxygen atoms in total. The van der Waals surface area contributed by atoms with E-state index in [4.69, 9.17) is 0 Å². The van der Waals surface area contributed by atoms with Gasteiger partial charge >= 0.3 is 0 Å². The minimum Gasteiger partial charge on any atom is -0.384 e. The molecular weight excluding hydrogens is 295 g/mol. The fourth-order valence-electron chi connectivity index (χ4n) is 2.21. The molecule has 1 N–H and O–H groups in total. The number of aliphatic hydroxyl groups is 1. The van der Waals surface area contributed by atoms with E-state index in [9.17, 15) is 9.50 Å². The zero-order valence-corrected chi connectivity index (χ0v) is 11.8. The summed E-state index contributed by atoms with van der Waals surface area (Å²) in [6.07, 6.45) is -0.749. The predicted octanol–water partition coefficient (Wildman–Crippen LogP) is 4.29. The van der Waals surface area contributed by atoms with Crippen molar-refractivity contribution in [2.75, 3.05) is 0 Å². The monoisotopic (exact) mass is 308 g/mol. The number of hydrogen-bond donors (Lipinski definition) is 1. The Morgan fingerprint density at radius 2 is 1.67 bits per heavy atom. The van der Waals surface area contributed by atoms with Crippen molar-refractivity contribution in [3.8, 4) is 0 Å². The quantitative estimate of drug-likeness (QED) is 0.877. The van der Waals surface area contributed by atoms with Crippen molar-refractivity contribution in [1.29, 1.82) is 0 Å². The standard InChI is InChI=1S/C15H14BrFO/c1-9-7-11(17)8-10(2)14(9)15(18)12-5-3-4-6-13(12)16/h3-8,15,18H,1-2H3. The Morgan fingerprint density at radius 3 is 2.22 bits per heavy atom. The van der Waals surface area contributed by atoms with Gasteiger partial charge in [0.2, 0.25) is 0 Å². The summed E-state index contributed by atoms with van der Waals surface area (Å²) < 4.78 is 14.1. The van der Waals surface area contributed by atoms with E-state index in [1.165, 1.54) is 12.1 Å². The lowest BCUT2D eigenvalue weighted by Crippen LogP contribution is -2.06. The molecule has 0 radical (unpaired) electrons. The van der Waals surface area contributed by atoms with Gasteiger partial charge in [-0.25, -0.2) is 4.39 Å². The molecule has 0 fully saturated rings. The van der Waals surface area contributed by atoms with Crippen LogP contribution in [0.5, 0.6) is 0 Å². The van der Waals surface area contributed by atoms with Gasteiger partial charge in [-0.15, -0.1) is 0 Å². The molecule has 1 unspecified atom stereocenters. The first-order valence-electron chi connectivity index (χ1n) is 5.70. The molecule has 0 aliphatic carbocycles. The molecule has 2 aromatic rings. The summed E-state index contributed by atoms with van der Waals surface area (Å²) in [5, 5.41) is 10.5. The van der Waals surface area contributed by atoms with Crippen molar-refractivity contribution in [2.24, 2.45) is 0 Å². The molecule has 1 atom stereocenters. The summed E-state index contributed by atoms with van der Waals surface area (Å²) in [4.78, 5) is 0. The fraction of sp³-hybridized carbons (Fsp3) is 0.200. The number of benzene rings is 2. The first-order valence-corrected chi connectivity index (χ1v) is 6.49. The van der Waals surface area contributed by atoms with Crippen LogP contribution < -0.4 is 0 Å². The minimum atomic E-state index is -0.749. The van der Waals surface area contributed by atoms with Gasteiger partial charge in [-0.3, -0.25) is 0 Å². The summed E-state index contributed by atoms with van der Waals surface area (Å²) >= 11 is 3.42. The second-order valence-electron chi connectivity index (χ2n) is 4.38. The van der Waals surface area contributed by atoms with Crippen molar-refractivity contribution in [1.82, 2.24) is 0 Å². The Balaban J connectivity index is 2.53. The Bertz CT molecular complexity index is 557. The molecule has 0 bridgehead atoms. The largest absolute Gasteiger partial charge is 0.384 e. The molecule has 18 heavy (non-hydrogen) atoms. The van der Waals surface area contributed by atoms with E-state index in [-0.39, 0.29) is 5.82 Å². The van der Waals surface area contributed by atoms with Gasteiger partial charge in [0, 0.05) is 4.47 Å². The van der Waals surface area contributed by atoms with E-state index in [1.54, 1.807) is 0 Å². The van der Waals surface area contributed by atoms with E-state index in [0.717, 1.165) is 26.7 Å². The molecule has 0 heterocycles. The SMILES string of the molecule is Cc1cc(F)cc(C)c1C(O)c1ccccc1Br. The summed E-state index contributed by atoms with van der Waals surface area (Å²) in [5.41, 5.74) is 3.07. The summed E-state index contributed by atoms with van der Waals surface area (Å²) in [6.45, 7) is 3.62. The Hall–Kier alpha value is -1.19. The van der Waals surface area contributed by atoms with Crippen molar-refractivity contribution in [3.05, 3.63) is 68.9 Å². The van der Waals surface area contributed by atoms with Gasteiger partial charge in [0.15, 0.2) is 0 Å². The summed E-state index contributed by atoms with van der Waals surface area (Å²) in [5.74, 6) is -0.270. The van der Waals surface area contributed by atoms with E-state index in [1.807, 2.05) is 38.1 Å². The molecule has 0 saturated heterocycles. The molecule has 0 aliphatic heterocycles. The first kappa shape index (κ1) is 13.2. The maximum atomic E-state index is 13.3. The zero-order chi connectivity index (χ0) is 13.3. The predicted molar refractivity (Wildman–Crippen MR) is 74.1 cm³/mol. The summed E-state index contributed by atoms with van der Waals surface area (Å²) in [6, 6.07) is 10.4. The lowest BCUT2D eigenvalue weighted by atomic mass is 9.93. The van der Waals surface area contributed by atoms with Crippen molar-refractivity contribution in [3.63, 3.8) is 0 Å². The zero-order valence-electron chi connectivity index (χ0n) is 10.2. The van der Waals surface area contributed by atoms with Gasteiger partial charge in [0.1, 0.15) is 11.9 Å². The van der Waals surface area contributed by atoms with Crippen LogP contribution >= 0.6 is 15.9 Å². The van der Waals surface area contributed by atoms with Gasteiger partial charge in [-0.2, -0.15) is 0 Å². The molecule has 2 aromatic carbocycles. The van der Waals surface area contributed by atoms with Gasteiger partial charge in [-0.05, 0) is 54.3 Å². The molecule has 94 valence electrons. The summed E-state index contributed by atoms with van der Waals surface area (Å²) in [7, 11) is 0. The van der Waals surface area contributed by atoms with E-state index in [0.29, 0.717) is 0 Å². The van der Waals surface area contributed by atoms with Crippen LogP contribution in [-0.2, 0) is 0 Å². The number of halogens is 2. The van der Waals surface area contributed by atoms with Crippen LogP contribution in [0.15, 0.2) is 40.9 Å². The molecule has 0 amide bonds. The van der Waals surface area contributed by atoms with Crippen LogP contribution in [0, 0.1) is 19.7 Å². The molecule has 0 spiro atoms. The number of hydrogen-bond acceptors (Lipinski definition) is 1. The Kier molecular flexibility index (Phi) is 3.83. The van der Waals surface area contributed by atoms with Crippen LogP contribution in [0.2, 0.25) is 0 Å². The number of rotatable bonds is 2. The van der Waals surface area contributed by atoms with E-state index >= 15 is 0 Å². The third-order valence-corrected chi connectivity index (χ3v) is 3.75. The average Bonchev–Trinajstić information content (AvgIpc) is 2.27. The van der Waals surface area contributed by atoms with Crippen LogP contribution in [0.1, 0.15) is 28.4 Å². The molecule has 0 aromatic heterocycles. The maximum absolute atomic E-state index is 13.3. The lowest BCUT2D eigenvalue weighted by molar-refractivity contribution is 0.218. The molecule has 0 saturated carbocycles. The average molecular weight is 309 g/mol. The smallest absolute Gasteiger partial charge is 0.123 e. The van der Waals surface area contributed by atoms with E-state index < -0.39 is 6.10 Å². The van der Waals surface area contributed by atoms with Gasteiger partial charge < -0.3 is 5.11 Å². The highest BCUT2D eigenvalue weighted by Crippen LogP contribution is 2.32. The topological polar surface area (TPSA) is 20.2 Å².